The van der Waals surface area contributed by atoms with E-state index < -0.39 is 0 Å². The van der Waals surface area contributed by atoms with Gasteiger partial charge in [-0.15, -0.1) is 0 Å². The van der Waals surface area contributed by atoms with Crippen molar-refractivity contribution in [2.24, 2.45) is 0 Å². The van der Waals surface area contributed by atoms with Crippen LogP contribution in [0.4, 0.5) is 0 Å². The molecule has 3 aromatic rings. The number of amides is 2. The molecule has 4 N–H and O–H groups in total. The van der Waals surface area contributed by atoms with E-state index in [1.54, 1.807) is 10.6 Å². The lowest BCUT2D eigenvalue weighted by molar-refractivity contribution is -0.121. The third-order valence-electron chi connectivity index (χ3n) is 5.04. The smallest absolute Gasteiger partial charge is 0.262 e. The van der Waals surface area contributed by atoms with E-state index >= 15 is 0 Å². The first-order valence-corrected chi connectivity index (χ1v) is 10.9. The van der Waals surface area contributed by atoms with Gasteiger partial charge in [0.2, 0.25) is 5.91 Å². The van der Waals surface area contributed by atoms with Crippen LogP contribution in [0.3, 0.4) is 0 Å². The largest absolute Gasteiger partial charge is 0.508 e. The molecule has 1 heterocycles. The molecule has 0 aliphatic rings. The molecule has 2 amide bonds. The molecule has 2 aromatic carbocycles. The minimum Gasteiger partial charge on any atom is -0.508 e. The number of carbonyl (C=O) groups is 2. The summed E-state index contributed by atoms with van der Waals surface area (Å²) in [4.78, 5) is 39.6. The van der Waals surface area contributed by atoms with Gasteiger partial charge in [0.1, 0.15) is 5.75 Å². The number of nitrogens with zero attached hydrogens (tertiary/aromatic N) is 1. The van der Waals surface area contributed by atoms with E-state index in [4.69, 9.17) is 12.2 Å². The van der Waals surface area contributed by atoms with Gasteiger partial charge in [0.15, 0.2) is 4.77 Å². The van der Waals surface area contributed by atoms with Gasteiger partial charge in [-0.25, -0.2) is 0 Å². The van der Waals surface area contributed by atoms with E-state index in [-0.39, 0.29) is 23.1 Å². The lowest BCUT2D eigenvalue weighted by Crippen LogP contribution is -2.34. The summed E-state index contributed by atoms with van der Waals surface area (Å²) in [6, 6.07) is 13.2. The molecular formula is C23H26N4O4S. The molecule has 3 rings (SSSR count). The molecule has 0 bridgehead atoms. The Morgan fingerprint density at radius 1 is 0.969 bits per heavy atom. The van der Waals surface area contributed by atoms with Crippen LogP contribution in [0, 0.1) is 4.77 Å². The van der Waals surface area contributed by atoms with E-state index in [1.807, 2.05) is 18.2 Å². The van der Waals surface area contributed by atoms with E-state index in [0.29, 0.717) is 48.2 Å². The quantitative estimate of drug-likeness (QED) is 0.278. The summed E-state index contributed by atoms with van der Waals surface area (Å²) < 4.78 is 1.97. The number of para-hydroxylation sites is 1. The van der Waals surface area contributed by atoms with Crippen LogP contribution < -0.4 is 16.2 Å². The fraction of sp³-hybridized carbons (Fsp3) is 0.304. The number of aromatic amines is 1. The molecule has 0 aliphatic carbocycles. The van der Waals surface area contributed by atoms with Crippen molar-refractivity contribution < 1.29 is 14.7 Å². The maximum absolute atomic E-state index is 12.6. The topological polar surface area (TPSA) is 116 Å². The second-order valence-corrected chi connectivity index (χ2v) is 7.78. The number of aromatic hydroxyl groups is 1. The van der Waals surface area contributed by atoms with Crippen molar-refractivity contribution in [1.82, 2.24) is 20.2 Å². The predicted octanol–water partition coefficient (Wildman–Crippen LogP) is 2.87. The van der Waals surface area contributed by atoms with Gasteiger partial charge in [-0.05, 0) is 61.5 Å². The molecule has 0 spiro atoms. The Bertz CT molecular complexity index is 1200. The van der Waals surface area contributed by atoms with Gasteiger partial charge in [-0.3, -0.25) is 19.0 Å². The SMILES string of the molecule is O=C(CCCCCn1c(=S)[nH]c2ccccc2c1=O)NCCNC(=O)c1ccc(O)cc1. The Labute approximate surface area is 190 Å². The average molecular weight is 455 g/mol. The molecule has 8 nitrogen and oxygen atoms in total. The van der Waals surface area contributed by atoms with Gasteiger partial charge in [0, 0.05) is 31.6 Å². The molecule has 168 valence electrons. The number of rotatable bonds is 10. The molecule has 0 saturated carbocycles. The number of hydrogen-bond acceptors (Lipinski definition) is 5. The van der Waals surface area contributed by atoms with Gasteiger partial charge in [-0.2, -0.15) is 0 Å². The van der Waals surface area contributed by atoms with E-state index in [1.165, 1.54) is 24.3 Å². The Kier molecular flexibility index (Phi) is 8.15. The summed E-state index contributed by atoms with van der Waals surface area (Å²) in [6.45, 7) is 1.16. The van der Waals surface area contributed by atoms with E-state index in [0.717, 1.165) is 18.4 Å². The summed E-state index contributed by atoms with van der Waals surface area (Å²) >= 11 is 5.30. The van der Waals surface area contributed by atoms with Crippen molar-refractivity contribution >= 4 is 34.9 Å². The highest BCUT2D eigenvalue weighted by atomic mass is 32.1. The maximum Gasteiger partial charge on any atom is 0.262 e. The second-order valence-electron chi connectivity index (χ2n) is 7.40. The molecule has 0 saturated heterocycles. The number of fused-ring (bicyclic) bond motifs is 1. The zero-order valence-corrected chi connectivity index (χ0v) is 18.4. The summed E-state index contributed by atoms with van der Waals surface area (Å²) in [5.41, 5.74) is 1.07. The Hall–Kier alpha value is -3.46. The fourth-order valence-corrected chi connectivity index (χ4v) is 3.60. The molecule has 0 aliphatic heterocycles. The second kappa shape index (κ2) is 11.2. The Balaban J connectivity index is 1.32. The minimum atomic E-state index is -0.262. The van der Waals surface area contributed by atoms with Crippen molar-refractivity contribution in [1.29, 1.82) is 0 Å². The van der Waals surface area contributed by atoms with Gasteiger partial charge < -0.3 is 20.7 Å². The monoisotopic (exact) mass is 454 g/mol. The van der Waals surface area contributed by atoms with Crippen LogP contribution in [0.25, 0.3) is 10.9 Å². The van der Waals surface area contributed by atoms with Crippen molar-refractivity contribution in [3.8, 4) is 5.75 Å². The zero-order chi connectivity index (χ0) is 22.9. The number of carbonyl (C=O) groups excluding carboxylic acids is 2. The van der Waals surface area contributed by atoms with Crippen molar-refractivity contribution in [3.05, 3.63) is 69.2 Å². The van der Waals surface area contributed by atoms with E-state index in [2.05, 4.69) is 15.6 Å². The first-order chi connectivity index (χ1) is 15.5. The first kappa shape index (κ1) is 23.2. The van der Waals surface area contributed by atoms with Crippen LogP contribution in [0.2, 0.25) is 0 Å². The molecule has 0 atom stereocenters. The van der Waals surface area contributed by atoms with Crippen LogP contribution in [0.1, 0.15) is 36.0 Å². The predicted molar refractivity (Wildman–Crippen MR) is 125 cm³/mol. The number of benzene rings is 2. The number of phenolic OH excluding ortho intramolecular Hbond substituents is 1. The van der Waals surface area contributed by atoms with Crippen LogP contribution >= 0.6 is 12.2 Å². The Morgan fingerprint density at radius 3 is 2.47 bits per heavy atom. The van der Waals surface area contributed by atoms with Gasteiger partial charge in [-0.1, -0.05) is 18.6 Å². The lowest BCUT2D eigenvalue weighted by Gasteiger charge is -2.09. The normalized spacial score (nSPS) is 10.8. The summed E-state index contributed by atoms with van der Waals surface area (Å²) in [6.07, 6.45) is 2.61. The van der Waals surface area contributed by atoms with Crippen LogP contribution in [0.15, 0.2) is 53.3 Å². The molecule has 9 heteroatoms. The number of phenols is 1. The van der Waals surface area contributed by atoms with Gasteiger partial charge in [0.25, 0.3) is 11.5 Å². The summed E-state index contributed by atoms with van der Waals surface area (Å²) in [5.74, 6) is -0.244. The highest BCUT2D eigenvalue weighted by Gasteiger charge is 2.07. The zero-order valence-electron chi connectivity index (χ0n) is 17.6. The number of H-pyrrole nitrogens is 1. The Morgan fingerprint density at radius 2 is 1.69 bits per heavy atom. The number of hydrogen-bond donors (Lipinski definition) is 4. The molecule has 0 fully saturated rings. The fourth-order valence-electron chi connectivity index (χ4n) is 3.32. The minimum absolute atomic E-state index is 0.0796. The third kappa shape index (κ3) is 6.27. The number of aromatic nitrogens is 2. The highest BCUT2D eigenvalue weighted by molar-refractivity contribution is 7.71. The molecule has 0 unspecified atom stereocenters. The van der Waals surface area contributed by atoms with Crippen LogP contribution in [-0.4, -0.2) is 39.6 Å². The lowest BCUT2D eigenvalue weighted by atomic mass is 10.2. The molecule has 0 radical (unpaired) electrons. The van der Waals surface area contributed by atoms with Crippen LogP contribution in [0.5, 0.6) is 5.75 Å². The summed E-state index contributed by atoms with van der Waals surface area (Å²) in [5, 5.41) is 15.3. The standard InChI is InChI=1S/C23H26N4O4S/c28-17-11-9-16(10-12-17)21(30)25-14-13-24-20(29)8-2-1-5-15-27-22(31)18-6-3-4-7-19(18)26-23(27)32/h3-4,6-7,9-12,28H,1-2,5,8,13-15H2,(H,24,29)(H,25,30)(H,26,32). The molecule has 1 aromatic heterocycles. The third-order valence-corrected chi connectivity index (χ3v) is 5.36. The number of unbranched alkanes of at least 4 members (excludes halogenated alkanes) is 2. The van der Waals surface area contributed by atoms with Crippen molar-refractivity contribution in [2.75, 3.05) is 13.1 Å². The highest BCUT2D eigenvalue weighted by Crippen LogP contribution is 2.09. The van der Waals surface area contributed by atoms with Gasteiger partial charge >= 0.3 is 0 Å². The van der Waals surface area contributed by atoms with Crippen molar-refractivity contribution in [2.45, 2.75) is 32.2 Å². The maximum atomic E-state index is 12.6. The van der Waals surface area contributed by atoms with E-state index in [9.17, 15) is 19.5 Å². The number of nitrogens with one attached hydrogen (secondary N) is 3. The first-order valence-electron chi connectivity index (χ1n) is 10.5. The average Bonchev–Trinajstić information content (AvgIpc) is 2.78. The van der Waals surface area contributed by atoms with Gasteiger partial charge in [0.05, 0.1) is 10.9 Å². The van der Waals surface area contributed by atoms with Crippen molar-refractivity contribution in [3.63, 3.8) is 0 Å². The van der Waals surface area contributed by atoms with Crippen LogP contribution in [-0.2, 0) is 11.3 Å². The molecule has 32 heavy (non-hydrogen) atoms. The molecular weight excluding hydrogens is 428 g/mol. The summed E-state index contributed by atoms with van der Waals surface area (Å²) in [7, 11) is 0.